The first-order chi connectivity index (χ1) is 20.0. The number of thiazole rings is 1. The van der Waals surface area contributed by atoms with Crippen molar-refractivity contribution in [3.63, 3.8) is 0 Å². The van der Waals surface area contributed by atoms with Crippen LogP contribution < -0.4 is 24.4 Å². The molecule has 3 heterocycles. The molecule has 8 heteroatoms. The van der Waals surface area contributed by atoms with Gasteiger partial charge in [-0.15, -0.1) is 0 Å². The fourth-order valence-electron chi connectivity index (χ4n) is 5.70. The molecule has 2 aliphatic rings. The van der Waals surface area contributed by atoms with Crippen molar-refractivity contribution in [1.82, 2.24) is 4.57 Å². The maximum atomic E-state index is 14.1. The average Bonchev–Trinajstić information content (AvgIpc) is 3.60. The van der Waals surface area contributed by atoms with Crippen LogP contribution in [-0.4, -0.2) is 18.8 Å². The third kappa shape index (κ3) is 4.42. The van der Waals surface area contributed by atoms with Gasteiger partial charge in [0.05, 0.1) is 30.5 Å². The van der Waals surface area contributed by atoms with Gasteiger partial charge in [-0.3, -0.25) is 9.36 Å². The van der Waals surface area contributed by atoms with E-state index >= 15 is 0 Å². The van der Waals surface area contributed by atoms with Crippen molar-refractivity contribution in [1.29, 1.82) is 0 Å². The van der Waals surface area contributed by atoms with Crippen LogP contribution in [0.25, 0.3) is 23.1 Å². The number of benzene rings is 3. The van der Waals surface area contributed by atoms with Crippen LogP contribution >= 0.6 is 22.9 Å². The van der Waals surface area contributed by atoms with E-state index in [1.165, 1.54) is 16.9 Å². The van der Waals surface area contributed by atoms with Crippen molar-refractivity contribution in [2.24, 2.45) is 4.99 Å². The number of hydrogen-bond donors (Lipinski definition) is 0. The number of methoxy groups -OCH3 is 2. The van der Waals surface area contributed by atoms with Gasteiger partial charge in [-0.25, -0.2) is 4.99 Å². The minimum Gasteiger partial charge on any atom is -0.493 e. The van der Waals surface area contributed by atoms with Crippen LogP contribution in [-0.2, 0) is 6.42 Å². The Balaban J connectivity index is 1.41. The van der Waals surface area contributed by atoms with E-state index in [1.807, 2.05) is 65.2 Å². The number of nitrogens with zero attached hydrogens (tertiary/aromatic N) is 2. The number of aryl methyl sites for hydroxylation is 1. The maximum absolute atomic E-state index is 14.1. The molecular weight excluding hydrogens is 556 g/mol. The van der Waals surface area contributed by atoms with E-state index < -0.39 is 0 Å². The van der Waals surface area contributed by atoms with Gasteiger partial charge in [0, 0.05) is 22.2 Å². The lowest BCUT2D eigenvalue weighted by Gasteiger charge is -2.31. The van der Waals surface area contributed by atoms with Crippen molar-refractivity contribution >= 4 is 34.7 Å². The van der Waals surface area contributed by atoms with E-state index in [0.717, 1.165) is 40.8 Å². The van der Waals surface area contributed by atoms with E-state index in [4.69, 9.17) is 30.5 Å². The van der Waals surface area contributed by atoms with Gasteiger partial charge in [-0.1, -0.05) is 65.4 Å². The Morgan fingerprint density at radius 2 is 1.83 bits per heavy atom. The van der Waals surface area contributed by atoms with E-state index in [0.29, 0.717) is 37.4 Å². The van der Waals surface area contributed by atoms with Crippen molar-refractivity contribution in [3.05, 3.63) is 132 Å². The molecule has 0 amide bonds. The van der Waals surface area contributed by atoms with Crippen LogP contribution in [0.15, 0.2) is 98.6 Å². The topological polar surface area (TPSA) is 66.0 Å². The zero-order chi connectivity index (χ0) is 28.1. The lowest BCUT2D eigenvalue weighted by atomic mass is 9.83. The first-order valence-electron chi connectivity index (χ1n) is 13.2. The van der Waals surface area contributed by atoms with E-state index in [-0.39, 0.29) is 11.6 Å². The summed E-state index contributed by atoms with van der Waals surface area (Å²) in [7, 11) is 3.24. The van der Waals surface area contributed by atoms with Crippen molar-refractivity contribution < 1.29 is 13.9 Å². The van der Waals surface area contributed by atoms with Gasteiger partial charge in [0.2, 0.25) is 0 Å². The third-order valence-electron chi connectivity index (χ3n) is 7.61. The molecule has 0 saturated heterocycles. The molecule has 0 saturated carbocycles. The number of allylic oxidation sites excluding steroid dienone is 1. The third-order valence-corrected chi connectivity index (χ3v) is 8.82. The fourth-order valence-corrected chi connectivity index (χ4v) is 6.87. The highest BCUT2D eigenvalue weighted by atomic mass is 35.5. The van der Waals surface area contributed by atoms with Gasteiger partial charge in [-0.05, 0) is 65.9 Å². The Bertz CT molecular complexity index is 2030. The van der Waals surface area contributed by atoms with Gasteiger partial charge in [0.1, 0.15) is 11.5 Å². The Hall–Kier alpha value is -4.33. The highest BCUT2D eigenvalue weighted by Crippen LogP contribution is 2.42. The lowest BCUT2D eigenvalue weighted by molar-refractivity contribution is 0.354. The van der Waals surface area contributed by atoms with Gasteiger partial charge < -0.3 is 13.9 Å². The van der Waals surface area contributed by atoms with E-state index in [2.05, 4.69) is 18.2 Å². The molecule has 0 fully saturated rings. The summed E-state index contributed by atoms with van der Waals surface area (Å²) in [6.07, 6.45) is 3.48. The van der Waals surface area contributed by atoms with Crippen molar-refractivity contribution in [2.45, 2.75) is 18.9 Å². The lowest BCUT2D eigenvalue weighted by Crippen LogP contribution is -2.38. The van der Waals surface area contributed by atoms with Gasteiger partial charge >= 0.3 is 0 Å². The summed E-state index contributed by atoms with van der Waals surface area (Å²) in [5.41, 5.74) is 6.16. The SMILES string of the molecule is COc1ccc(C2C3=C(N=c4sc(=Cc5ccc(-c6cccc(Cl)c6)o5)c(=O)n42)c2ccccc2CC3)cc1OC. The van der Waals surface area contributed by atoms with Crippen LogP contribution in [0.3, 0.4) is 0 Å². The molecule has 7 rings (SSSR count). The summed E-state index contributed by atoms with van der Waals surface area (Å²) < 4.78 is 19.6. The summed E-state index contributed by atoms with van der Waals surface area (Å²) in [4.78, 5) is 19.8. The van der Waals surface area contributed by atoms with Crippen molar-refractivity contribution in [3.8, 4) is 22.8 Å². The molecular formula is C33H25ClN2O4S. The maximum Gasteiger partial charge on any atom is 0.271 e. The highest BCUT2D eigenvalue weighted by molar-refractivity contribution is 7.07. The molecule has 0 spiro atoms. The molecule has 1 aliphatic heterocycles. The number of rotatable bonds is 5. The normalized spacial score (nSPS) is 16.1. The smallest absolute Gasteiger partial charge is 0.271 e. The molecule has 0 bridgehead atoms. The molecule has 1 atom stereocenters. The highest BCUT2D eigenvalue weighted by Gasteiger charge is 2.33. The second-order valence-electron chi connectivity index (χ2n) is 9.94. The summed E-state index contributed by atoms with van der Waals surface area (Å²) in [6, 6.07) is 25.1. The van der Waals surface area contributed by atoms with Crippen LogP contribution in [0, 0.1) is 0 Å². The number of fused-ring (bicyclic) bond motifs is 3. The fraction of sp³-hybridized carbons (Fsp3) is 0.152. The summed E-state index contributed by atoms with van der Waals surface area (Å²) in [5.74, 6) is 2.52. The van der Waals surface area contributed by atoms with E-state index in [9.17, 15) is 4.79 Å². The molecule has 0 radical (unpaired) electrons. The first kappa shape index (κ1) is 25.6. The van der Waals surface area contributed by atoms with Crippen LogP contribution in [0.4, 0.5) is 0 Å². The molecule has 6 nitrogen and oxygen atoms in total. The Morgan fingerprint density at radius 3 is 2.66 bits per heavy atom. The second-order valence-corrected chi connectivity index (χ2v) is 11.4. The largest absolute Gasteiger partial charge is 0.493 e. The molecule has 0 N–H and O–H groups in total. The van der Waals surface area contributed by atoms with Gasteiger partial charge in [0.15, 0.2) is 16.3 Å². The first-order valence-corrected chi connectivity index (χ1v) is 14.4. The minimum atomic E-state index is -0.324. The summed E-state index contributed by atoms with van der Waals surface area (Å²) in [5, 5.41) is 0.634. The number of ether oxygens (including phenoxy) is 2. The molecule has 3 aromatic carbocycles. The molecule has 41 heavy (non-hydrogen) atoms. The molecule has 204 valence electrons. The Morgan fingerprint density at radius 1 is 0.976 bits per heavy atom. The van der Waals surface area contributed by atoms with Crippen LogP contribution in [0.2, 0.25) is 5.02 Å². The molecule has 1 unspecified atom stereocenters. The average molecular weight is 581 g/mol. The summed E-state index contributed by atoms with van der Waals surface area (Å²) in [6.45, 7) is 0. The molecule has 2 aromatic heterocycles. The minimum absolute atomic E-state index is 0.111. The van der Waals surface area contributed by atoms with Crippen molar-refractivity contribution in [2.75, 3.05) is 14.2 Å². The van der Waals surface area contributed by atoms with E-state index in [1.54, 1.807) is 20.3 Å². The van der Waals surface area contributed by atoms with Gasteiger partial charge in [-0.2, -0.15) is 0 Å². The number of aromatic nitrogens is 1. The van der Waals surface area contributed by atoms with Crippen LogP contribution in [0.1, 0.15) is 34.9 Å². The number of hydrogen-bond acceptors (Lipinski definition) is 6. The second kappa shape index (κ2) is 10.3. The monoisotopic (exact) mass is 580 g/mol. The molecule has 1 aliphatic carbocycles. The zero-order valence-electron chi connectivity index (χ0n) is 22.4. The zero-order valence-corrected chi connectivity index (χ0v) is 24.0. The molecule has 5 aromatic rings. The standard InChI is InChI=1S/C33H25ClN2O4S/c1-38-27-14-11-21(17-28(27)39-2)31-25-13-10-19-6-3-4-9-24(19)30(25)35-33-36(31)32(37)29(41-33)18-23-12-15-26(40-23)20-7-5-8-22(34)16-20/h3-9,11-12,14-18,31H,10,13H2,1-2H3. The van der Waals surface area contributed by atoms with Crippen LogP contribution in [0.5, 0.6) is 11.5 Å². The van der Waals surface area contributed by atoms with Gasteiger partial charge in [0.25, 0.3) is 5.56 Å². The summed E-state index contributed by atoms with van der Waals surface area (Å²) >= 11 is 7.54. The number of furan rings is 1. The predicted molar refractivity (Wildman–Crippen MR) is 161 cm³/mol. The number of halogens is 1. The predicted octanol–water partition coefficient (Wildman–Crippen LogP) is 6.25. The Kier molecular flexibility index (Phi) is 6.41. The Labute approximate surface area is 245 Å². The quantitative estimate of drug-likeness (QED) is 0.246.